The van der Waals surface area contributed by atoms with Gasteiger partial charge in [0.05, 0.1) is 10.9 Å². The third-order valence-corrected chi connectivity index (χ3v) is 5.69. The van der Waals surface area contributed by atoms with Crippen LogP contribution >= 0.6 is 0 Å². The van der Waals surface area contributed by atoms with E-state index in [1.165, 1.54) is 4.31 Å². The van der Waals surface area contributed by atoms with Gasteiger partial charge in [-0.05, 0) is 31.5 Å². The Morgan fingerprint density at radius 3 is 2.50 bits per heavy atom. The van der Waals surface area contributed by atoms with Gasteiger partial charge in [0.1, 0.15) is 0 Å². The lowest BCUT2D eigenvalue weighted by atomic mass is 10.2. The molecule has 1 aromatic heterocycles. The van der Waals surface area contributed by atoms with E-state index in [0.717, 1.165) is 11.1 Å². The molecule has 0 bridgehead atoms. The molecular weight excluding hydrogens is 300 g/mol. The Hall–Kier alpha value is -1.99. The van der Waals surface area contributed by atoms with Crippen molar-refractivity contribution in [3.8, 4) is 0 Å². The van der Waals surface area contributed by atoms with Crippen LogP contribution in [0, 0.1) is 13.8 Å². The van der Waals surface area contributed by atoms with E-state index in [9.17, 15) is 8.42 Å². The van der Waals surface area contributed by atoms with Crippen molar-refractivity contribution < 1.29 is 8.42 Å². The number of hydrogen-bond acceptors (Lipinski definition) is 5. The van der Waals surface area contributed by atoms with Crippen LogP contribution in [0.25, 0.3) is 0 Å². The first-order valence-electron chi connectivity index (χ1n) is 7.08. The molecule has 0 radical (unpaired) electrons. The zero-order valence-corrected chi connectivity index (χ0v) is 13.3. The summed E-state index contributed by atoms with van der Waals surface area (Å²) in [7, 11) is -3.42. The first kappa shape index (κ1) is 14.9. The number of hydrogen-bond donors (Lipinski definition) is 1. The number of aromatic nitrogens is 2. The van der Waals surface area contributed by atoms with Crippen molar-refractivity contribution in [1.29, 1.82) is 0 Å². The lowest BCUT2D eigenvalue weighted by Gasteiger charge is -2.38. The number of sulfonamides is 1. The summed E-state index contributed by atoms with van der Waals surface area (Å²) in [4.78, 5) is 8.54. The molecule has 2 aromatic rings. The molecule has 0 atom stereocenters. The van der Waals surface area contributed by atoms with Crippen LogP contribution in [0.4, 0.5) is 5.95 Å². The summed E-state index contributed by atoms with van der Waals surface area (Å²) in [5.74, 6) is 0.524. The molecule has 2 heterocycles. The molecule has 1 aliphatic heterocycles. The molecule has 0 amide bonds. The van der Waals surface area contributed by atoms with E-state index < -0.39 is 10.0 Å². The average Bonchev–Trinajstić information content (AvgIpc) is 2.43. The van der Waals surface area contributed by atoms with Crippen LogP contribution in [0.1, 0.15) is 11.1 Å². The number of benzene rings is 1. The monoisotopic (exact) mass is 318 g/mol. The number of nitrogens with one attached hydrogen (secondary N) is 1. The van der Waals surface area contributed by atoms with Gasteiger partial charge in [-0.15, -0.1) is 0 Å². The van der Waals surface area contributed by atoms with Crippen molar-refractivity contribution in [3.63, 3.8) is 0 Å². The van der Waals surface area contributed by atoms with Gasteiger partial charge in [0.25, 0.3) is 0 Å². The van der Waals surface area contributed by atoms with E-state index in [-0.39, 0.29) is 6.04 Å². The van der Waals surface area contributed by atoms with E-state index in [1.807, 2.05) is 26.0 Å². The van der Waals surface area contributed by atoms with Crippen molar-refractivity contribution >= 4 is 16.0 Å². The van der Waals surface area contributed by atoms with Gasteiger partial charge >= 0.3 is 0 Å². The molecule has 0 aliphatic carbocycles. The average molecular weight is 318 g/mol. The van der Waals surface area contributed by atoms with Gasteiger partial charge in [-0.1, -0.05) is 17.7 Å². The Morgan fingerprint density at radius 1 is 1.18 bits per heavy atom. The topological polar surface area (TPSA) is 75.2 Å². The quantitative estimate of drug-likeness (QED) is 0.926. The maximum Gasteiger partial charge on any atom is 0.243 e. The fraction of sp³-hybridized carbons (Fsp3) is 0.333. The zero-order chi connectivity index (χ0) is 15.7. The second-order valence-corrected chi connectivity index (χ2v) is 7.41. The smallest absolute Gasteiger partial charge is 0.243 e. The maximum absolute atomic E-state index is 12.6. The van der Waals surface area contributed by atoms with Gasteiger partial charge in [0.2, 0.25) is 16.0 Å². The minimum absolute atomic E-state index is 0.0444. The Bertz CT molecular complexity index is 771. The van der Waals surface area contributed by atoms with Crippen LogP contribution in [-0.2, 0) is 10.0 Å². The summed E-state index contributed by atoms with van der Waals surface area (Å²) in [6, 6.07) is 7.18. The molecule has 22 heavy (non-hydrogen) atoms. The van der Waals surface area contributed by atoms with Crippen LogP contribution < -0.4 is 5.32 Å². The van der Waals surface area contributed by atoms with E-state index >= 15 is 0 Å². The molecule has 1 N–H and O–H groups in total. The third kappa shape index (κ3) is 2.82. The molecule has 1 aromatic carbocycles. The van der Waals surface area contributed by atoms with Crippen molar-refractivity contribution in [2.24, 2.45) is 0 Å². The summed E-state index contributed by atoms with van der Waals surface area (Å²) in [6.45, 7) is 4.63. The highest BCUT2D eigenvalue weighted by Gasteiger charge is 2.37. The zero-order valence-electron chi connectivity index (χ0n) is 12.5. The van der Waals surface area contributed by atoms with Crippen molar-refractivity contribution in [2.75, 3.05) is 18.4 Å². The Morgan fingerprint density at radius 2 is 1.86 bits per heavy atom. The molecule has 3 rings (SSSR count). The first-order chi connectivity index (χ1) is 10.5. The SMILES string of the molecule is Cc1ccc(S(=O)(=O)N2CC(Nc3ncccn3)C2)c(C)c1. The van der Waals surface area contributed by atoms with Crippen LogP contribution in [0.15, 0.2) is 41.6 Å². The fourth-order valence-corrected chi connectivity index (χ4v) is 4.25. The van der Waals surface area contributed by atoms with Gasteiger partial charge in [0.15, 0.2) is 0 Å². The predicted octanol–water partition coefficient (Wildman–Crippen LogP) is 1.58. The largest absolute Gasteiger partial charge is 0.349 e. The molecule has 7 heteroatoms. The lowest BCUT2D eigenvalue weighted by Crippen LogP contribution is -2.57. The Kier molecular flexibility index (Phi) is 3.84. The number of anilines is 1. The molecule has 0 unspecified atom stereocenters. The van der Waals surface area contributed by atoms with Gasteiger partial charge in [-0.2, -0.15) is 4.31 Å². The lowest BCUT2D eigenvalue weighted by molar-refractivity contribution is 0.280. The summed E-state index contributed by atoms with van der Waals surface area (Å²) in [6.07, 6.45) is 3.30. The molecule has 6 nitrogen and oxygen atoms in total. The van der Waals surface area contributed by atoms with E-state index in [4.69, 9.17) is 0 Å². The van der Waals surface area contributed by atoms with Crippen LogP contribution in [0.3, 0.4) is 0 Å². The van der Waals surface area contributed by atoms with Crippen LogP contribution in [0.2, 0.25) is 0 Å². The highest BCUT2D eigenvalue weighted by molar-refractivity contribution is 7.89. The normalized spacial score (nSPS) is 16.3. The molecule has 1 fully saturated rings. The molecule has 116 valence electrons. The highest BCUT2D eigenvalue weighted by atomic mass is 32.2. The summed E-state index contributed by atoms with van der Waals surface area (Å²) < 4.78 is 26.7. The second-order valence-electron chi connectivity index (χ2n) is 5.50. The summed E-state index contributed by atoms with van der Waals surface area (Å²) in [5.41, 5.74) is 1.84. The van der Waals surface area contributed by atoms with Gasteiger partial charge < -0.3 is 5.32 Å². The van der Waals surface area contributed by atoms with Gasteiger partial charge in [-0.25, -0.2) is 18.4 Å². The number of aryl methyl sites for hydroxylation is 2. The fourth-order valence-electron chi connectivity index (χ4n) is 2.51. The highest BCUT2D eigenvalue weighted by Crippen LogP contribution is 2.25. The van der Waals surface area contributed by atoms with E-state index in [2.05, 4.69) is 15.3 Å². The van der Waals surface area contributed by atoms with Crippen molar-refractivity contribution in [2.45, 2.75) is 24.8 Å². The standard InChI is InChI=1S/C15H18N4O2S/c1-11-4-5-14(12(2)8-11)22(20,21)19-9-13(10-19)18-15-16-6-3-7-17-15/h3-8,13H,9-10H2,1-2H3,(H,16,17,18). The second kappa shape index (κ2) is 5.66. The minimum Gasteiger partial charge on any atom is -0.349 e. The van der Waals surface area contributed by atoms with E-state index in [1.54, 1.807) is 24.5 Å². The van der Waals surface area contributed by atoms with Crippen molar-refractivity contribution in [3.05, 3.63) is 47.8 Å². The third-order valence-electron chi connectivity index (χ3n) is 3.70. The molecule has 0 saturated carbocycles. The maximum atomic E-state index is 12.6. The molecule has 1 saturated heterocycles. The Labute approximate surface area is 130 Å². The predicted molar refractivity (Wildman–Crippen MR) is 84.1 cm³/mol. The summed E-state index contributed by atoms with van der Waals surface area (Å²) >= 11 is 0. The van der Waals surface area contributed by atoms with Gasteiger partial charge in [-0.3, -0.25) is 0 Å². The Balaban J connectivity index is 1.69. The van der Waals surface area contributed by atoms with Gasteiger partial charge in [0, 0.05) is 25.5 Å². The number of rotatable bonds is 4. The molecule has 0 spiro atoms. The first-order valence-corrected chi connectivity index (χ1v) is 8.52. The minimum atomic E-state index is -3.42. The van der Waals surface area contributed by atoms with Crippen molar-refractivity contribution in [1.82, 2.24) is 14.3 Å². The molecular formula is C15H18N4O2S. The number of nitrogens with zero attached hydrogens (tertiary/aromatic N) is 3. The summed E-state index contributed by atoms with van der Waals surface area (Å²) in [5, 5.41) is 3.13. The van der Waals surface area contributed by atoms with Crippen LogP contribution in [0.5, 0.6) is 0 Å². The molecule has 1 aliphatic rings. The van der Waals surface area contributed by atoms with Crippen LogP contribution in [-0.4, -0.2) is 41.8 Å². The van der Waals surface area contributed by atoms with E-state index in [0.29, 0.717) is 23.9 Å².